The molecule has 0 bridgehead atoms. The van der Waals surface area contributed by atoms with E-state index in [0.717, 1.165) is 21.6 Å². The van der Waals surface area contributed by atoms with Gasteiger partial charge in [-0.1, -0.05) is 88.3 Å². The molecule has 93 heavy (non-hydrogen) atoms. The Labute approximate surface area is 554 Å². The lowest BCUT2D eigenvalue weighted by Gasteiger charge is -2.41. The van der Waals surface area contributed by atoms with Crippen molar-refractivity contribution in [2.45, 2.75) is 268 Å². The van der Waals surface area contributed by atoms with E-state index in [2.05, 4.69) is 26.6 Å². The number of likely N-dealkylation sites (N-methyl/N-ethyl adjacent to an activating group) is 6. The molecule has 1 aliphatic heterocycles. The summed E-state index contributed by atoms with van der Waals surface area (Å²) in [4.78, 5) is 182. The number of ether oxygens (including phenoxy) is 2. The summed E-state index contributed by atoms with van der Waals surface area (Å²) in [6, 6.07) is -15.4. The van der Waals surface area contributed by atoms with Gasteiger partial charge in [0.25, 0.3) is 0 Å². The van der Waals surface area contributed by atoms with Crippen molar-refractivity contribution < 1.29 is 72.1 Å². The molecule has 1 fully saturated rings. The molecule has 26 heteroatoms. The first-order valence-corrected chi connectivity index (χ1v) is 32.9. The summed E-state index contributed by atoms with van der Waals surface area (Å²) >= 11 is 0. The maximum Gasteiger partial charge on any atom is 0.302 e. The van der Waals surface area contributed by atoms with Crippen LogP contribution in [0.25, 0.3) is 0 Å². The van der Waals surface area contributed by atoms with Gasteiger partial charge in [-0.2, -0.15) is 0 Å². The maximum atomic E-state index is 15.3. The number of aliphatic hydroxyl groups is 1. The highest BCUT2D eigenvalue weighted by Crippen LogP contribution is 2.25. The van der Waals surface area contributed by atoms with Crippen LogP contribution < -0.4 is 26.6 Å². The fourth-order valence-electron chi connectivity index (χ4n) is 11.6. The van der Waals surface area contributed by atoms with Crippen LogP contribution in [0.15, 0.2) is 12.2 Å². The summed E-state index contributed by atoms with van der Waals surface area (Å²) in [5, 5.41) is 26.0. The van der Waals surface area contributed by atoms with Crippen LogP contribution in [0.4, 0.5) is 0 Å². The highest BCUT2D eigenvalue weighted by Gasteiger charge is 2.47. The van der Waals surface area contributed by atoms with Gasteiger partial charge in [-0.15, -0.1) is 0 Å². The number of carbonyl (C=O) groups is 12. The Balaban J connectivity index is 4.58. The molecule has 1 rings (SSSR count). The zero-order chi connectivity index (χ0) is 72.3. The maximum absolute atomic E-state index is 15.3. The number of hydrogen-bond acceptors (Lipinski definition) is 15. The Morgan fingerprint density at radius 3 is 1.33 bits per heavy atom. The van der Waals surface area contributed by atoms with Gasteiger partial charge in [0.15, 0.2) is 0 Å². The summed E-state index contributed by atoms with van der Waals surface area (Å²) in [6.07, 6.45) is -0.0966. The second kappa shape index (κ2) is 37.4. The van der Waals surface area contributed by atoms with E-state index < -0.39 is 173 Å². The molecular formula is C67H119N11O15. The Hall–Kier alpha value is -6.70. The van der Waals surface area contributed by atoms with E-state index in [-0.39, 0.29) is 55.8 Å². The van der Waals surface area contributed by atoms with Crippen molar-refractivity contribution >= 4 is 70.9 Å². The lowest BCUT2D eigenvalue weighted by molar-refractivity contribution is -0.159. The Morgan fingerprint density at radius 2 is 0.892 bits per heavy atom. The second-order valence-electron chi connectivity index (χ2n) is 28.6. The fourth-order valence-corrected chi connectivity index (χ4v) is 11.6. The molecule has 0 radical (unpaired) electrons. The monoisotopic (exact) mass is 1320 g/mol. The predicted molar refractivity (Wildman–Crippen MR) is 355 cm³/mol. The highest BCUT2D eigenvalue weighted by molar-refractivity contribution is 6.00. The smallest absolute Gasteiger partial charge is 0.302 e. The molecule has 1 unspecified atom stereocenters. The van der Waals surface area contributed by atoms with Gasteiger partial charge < -0.3 is 70.6 Å². The third-order valence-electron chi connectivity index (χ3n) is 16.8. The minimum atomic E-state index is -1.80. The SMILES string of the molecule is C/C=C/C[C@@H](C)[C@@H](O)[C@H]1C(=O)N[C@@H]([C@@H](C)OC(C)=O)C(=O)N(C)[C@H](C)C(=O)N(C)[C@@H](C(C)OC(C)(C)C)C(=O)N[C@@H](CC(C)C)C(=O)N(C)[C@@H](CC(C)C)C(=O)N[C@@H](C)C(=O)N[C@H](C)C(=O)N(C)[C@@H](CC(C)C)C(=O)N[C@@H](CC(C)C)C(=O)N(C)[C@@H](C(C)C)C(=O)N1C. The van der Waals surface area contributed by atoms with Crippen molar-refractivity contribution in [2.24, 2.45) is 35.5 Å². The van der Waals surface area contributed by atoms with Crippen molar-refractivity contribution in [3.8, 4) is 0 Å². The zero-order valence-electron chi connectivity index (χ0n) is 61.1. The van der Waals surface area contributed by atoms with Crippen LogP contribution in [-0.4, -0.2) is 238 Å². The van der Waals surface area contributed by atoms with E-state index in [0.29, 0.717) is 0 Å². The average molecular weight is 1320 g/mol. The van der Waals surface area contributed by atoms with Crippen LogP contribution in [0.5, 0.6) is 0 Å². The van der Waals surface area contributed by atoms with Gasteiger partial charge in [0, 0.05) is 49.2 Å². The topological polar surface area (TPSA) is 323 Å². The number of allylic oxidation sites excluding steroid dienone is 2. The quantitative estimate of drug-likeness (QED) is 0.0898. The van der Waals surface area contributed by atoms with Gasteiger partial charge in [-0.25, -0.2) is 0 Å². The van der Waals surface area contributed by atoms with Gasteiger partial charge in [0.05, 0.1) is 17.8 Å². The van der Waals surface area contributed by atoms with Gasteiger partial charge >= 0.3 is 5.97 Å². The van der Waals surface area contributed by atoms with E-state index in [1.54, 1.807) is 67.5 Å². The van der Waals surface area contributed by atoms with E-state index >= 15 is 24.0 Å². The first-order chi connectivity index (χ1) is 42.7. The fraction of sp³-hybridized carbons (Fsp3) is 0.791. The molecular weight excluding hydrogens is 1200 g/mol. The Morgan fingerprint density at radius 1 is 0.484 bits per heavy atom. The van der Waals surface area contributed by atoms with E-state index in [1.807, 2.05) is 55.4 Å². The molecule has 0 saturated carbocycles. The van der Waals surface area contributed by atoms with Crippen molar-refractivity contribution in [1.82, 2.24) is 56.0 Å². The summed E-state index contributed by atoms with van der Waals surface area (Å²) in [5.74, 6) is -11.8. The third kappa shape index (κ3) is 24.9. The van der Waals surface area contributed by atoms with Gasteiger partial charge in [-0.3, -0.25) is 57.5 Å². The number of nitrogens with zero attached hydrogens (tertiary/aromatic N) is 6. The molecule has 1 saturated heterocycles. The van der Waals surface area contributed by atoms with E-state index in [9.17, 15) is 38.7 Å². The van der Waals surface area contributed by atoms with Crippen LogP contribution in [0, 0.1) is 35.5 Å². The van der Waals surface area contributed by atoms with Crippen molar-refractivity contribution in [1.29, 1.82) is 0 Å². The summed E-state index contributed by atoms with van der Waals surface area (Å²) < 4.78 is 11.9. The molecule has 0 spiro atoms. The Bertz CT molecular complexity index is 2610. The van der Waals surface area contributed by atoms with Crippen LogP contribution in [0.3, 0.4) is 0 Å². The number of esters is 1. The zero-order valence-corrected chi connectivity index (χ0v) is 61.1. The number of rotatable bonds is 17. The average Bonchev–Trinajstić information content (AvgIpc) is 1.07. The summed E-state index contributed by atoms with van der Waals surface area (Å²) in [7, 11) is 8.04. The largest absolute Gasteiger partial charge is 0.460 e. The molecule has 1 aliphatic rings. The molecule has 0 aromatic heterocycles. The molecule has 6 N–H and O–H groups in total. The molecule has 0 aliphatic carbocycles. The predicted octanol–water partition coefficient (Wildman–Crippen LogP) is 3.40. The van der Waals surface area contributed by atoms with E-state index in [4.69, 9.17) is 9.47 Å². The minimum Gasteiger partial charge on any atom is -0.460 e. The summed E-state index contributed by atoms with van der Waals surface area (Å²) in [6.45, 7) is 34.9. The van der Waals surface area contributed by atoms with Crippen LogP contribution in [0.1, 0.15) is 178 Å². The van der Waals surface area contributed by atoms with Gasteiger partial charge in [0.2, 0.25) is 65.0 Å². The lowest BCUT2D eigenvalue weighted by atomic mass is 9.91. The normalized spacial score (nSPS) is 27.1. The Kier molecular flexibility index (Phi) is 33.9. The van der Waals surface area contributed by atoms with Crippen molar-refractivity contribution in [3.63, 3.8) is 0 Å². The van der Waals surface area contributed by atoms with Crippen molar-refractivity contribution in [3.05, 3.63) is 12.2 Å². The van der Waals surface area contributed by atoms with Crippen LogP contribution in [-0.2, 0) is 67.0 Å². The number of aliphatic hydroxyl groups excluding tert-OH is 1. The highest BCUT2D eigenvalue weighted by atomic mass is 16.5. The van der Waals surface area contributed by atoms with Gasteiger partial charge in [0.1, 0.15) is 72.6 Å². The van der Waals surface area contributed by atoms with Crippen LogP contribution in [0.2, 0.25) is 0 Å². The molecule has 26 nitrogen and oxygen atoms in total. The molecule has 532 valence electrons. The lowest BCUT2D eigenvalue weighted by Crippen LogP contribution is -2.65. The first-order valence-electron chi connectivity index (χ1n) is 32.9. The van der Waals surface area contributed by atoms with Crippen LogP contribution >= 0.6 is 0 Å². The molecule has 0 aromatic carbocycles. The summed E-state index contributed by atoms with van der Waals surface area (Å²) in [5.41, 5.74) is -0.891. The molecule has 11 amide bonds. The second-order valence-corrected chi connectivity index (χ2v) is 28.6. The molecule has 15 atom stereocenters. The molecule has 0 aromatic rings. The first kappa shape index (κ1) is 84.3. The third-order valence-corrected chi connectivity index (χ3v) is 16.8. The van der Waals surface area contributed by atoms with Crippen molar-refractivity contribution in [2.75, 3.05) is 42.3 Å². The van der Waals surface area contributed by atoms with Gasteiger partial charge in [-0.05, 0) is 130 Å². The number of nitrogens with one attached hydrogen (secondary N) is 5. The van der Waals surface area contributed by atoms with E-state index in [1.165, 1.54) is 84.7 Å². The number of amides is 11. The molecule has 1 heterocycles. The number of carbonyl (C=O) groups excluding carboxylic acids is 12. The minimum absolute atomic E-state index is 0.0620. The number of hydrogen-bond donors (Lipinski definition) is 6. The standard InChI is InChI=1S/C67H119N11O15/c1-28-29-30-40(12)55(80)54-60(85)72-51(44(16)92-46(18)79)65(90)73(22)43(15)62(87)77(26)53(45(17)93-67(19,20)21)59(84)71-47(31-35(2)3)63(88)75(24)49(33-37(6)7)57(82)68-41(13)56(81)69-42(14)61(86)74(23)50(34-38(8)9)58(83)70-48(32-36(4)5)64(89)76(25)52(39(10)11)66(91)78(54)27/h28-29,35-45,47-55,80H,30-34H2,1-27H3,(H,68,82)(H,69,81)(H,70,83)(H,71,84)(H,72,85)/b29-28+/t40-,41+,42-,43-,44-,45?,47+,48+,49+,50+,51+,52+,53+,54+,55-/m1/s1.